The molecule has 0 aromatic heterocycles. The van der Waals surface area contributed by atoms with Gasteiger partial charge in [0.25, 0.3) is 0 Å². The van der Waals surface area contributed by atoms with Crippen molar-refractivity contribution in [1.29, 1.82) is 0 Å². The van der Waals surface area contributed by atoms with Crippen LogP contribution in [0.4, 0.5) is 17.6 Å². The SMILES string of the molecule is CN1N=C(C(F)(F)F)CC1=C1C=CC=CN1C/C=C1/C2(C)c3ccc(F)c4c3C3=C5C(=CC=CC5C=CN3C12C)C4(C)C. The van der Waals surface area contributed by atoms with Crippen LogP contribution in [0.1, 0.15) is 50.8 Å². The van der Waals surface area contributed by atoms with Crippen molar-refractivity contribution in [1.82, 2.24) is 14.8 Å². The van der Waals surface area contributed by atoms with Crippen molar-refractivity contribution < 1.29 is 17.6 Å². The number of halogens is 4. The predicted molar refractivity (Wildman–Crippen MR) is 160 cm³/mol. The summed E-state index contributed by atoms with van der Waals surface area (Å²) in [6.07, 6.45) is 15.8. The zero-order valence-corrected chi connectivity index (χ0v) is 24.7. The smallest absolute Gasteiger partial charge is 0.343 e. The molecule has 4 heterocycles. The number of benzene rings is 1. The van der Waals surface area contributed by atoms with E-state index in [1.807, 2.05) is 35.4 Å². The molecule has 3 unspecified atom stereocenters. The van der Waals surface area contributed by atoms with E-state index >= 15 is 4.39 Å². The molecule has 43 heavy (non-hydrogen) atoms. The average molecular weight is 585 g/mol. The summed E-state index contributed by atoms with van der Waals surface area (Å²) in [7, 11) is 1.56. The van der Waals surface area contributed by atoms with Crippen molar-refractivity contribution in [3.63, 3.8) is 0 Å². The third-order valence-electron chi connectivity index (χ3n) is 10.9. The minimum atomic E-state index is -4.47. The molecule has 220 valence electrons. The summed E-state index contributed by atoms with van der Waals surface area (Å²) in [5.74, 6) is -0.0431. The number of alkyl halides is 3. The Balaban J connectivity index is 1.24. The zero-order valence-electron chi connectivity index (χ0n) is 24.7. The van der Waals surface area contributed by atoms with E-state index in [0.717, 1.165) is 28.0 Å². The minimum absolute atomic E-state index is 0.139. The van der Waals surface area contributed by atoms with Crippen molar-refractivity contribution >= 4 is 11.4 Å². The Labute approximate surface area is 248 Å². The Bertz CT molecular complexity index is 1810. The van der Waals surface area contributed by atoms with Gasteiger partial charge in [0.05, 0.1) is 22.6 Å². The lowest BCUT2D eigenvalue weighted by atomic mass is 9.60. The van der Waals surface area contributed by atoms with Gasteiger partial charge in [-0.05, 0) is 54.3 Å². The van der Waals surface area contributed by atoms with Gasteiger partial charge in [0.15, 0.2) is 0 Å². The average Bonchev–Trinajstić information content (AvgIpc) is 3.22. The van der Waals surface area contributed by atoms with E-state index in [9.17, 15) is 13.2 Å². The van der Waals surface area contributed by atoms with Crippen LogP contribution in [-0.4, -0.2) is 45.8 Å². The normalized spacial score (nSPS) is 33.3. The van der Waals surface area contributed by atoms with Gasteiger partial charge in [-0.15, -0.1) is 0 Å². The fourth-order valence-corrected chi connectivity index (χ4v) is 8.56. The standard InChI is InChI=1S/C35H32F4N4/c1-32(2)21-10-8-9-20-14-18-43-31(28(20)21)29-22(12-13-23(36)30(29)32)33(3)26(34(33,43)4)15-17-42-16-7-6-11-24(42)25-19-27(35(37,38)39)40-41(25)5/h6-16,18,20H,17,19H2,1-5H3/b25-24?,26-15-. The monoisotopic (exact) mass is 584 g/mol. The summed E-state index contributed by atoms with van der Waals surface area (Å²) in [4.78, 5) is 4.34. The topological polar surface area (TPSA) is 22.1 Å². The number of nitrogens with zero attached hydrogens (tertiary/aromatic N) is 4. The molecule has 0 N–H and O–H groups in total. The van der Waals surface area contributed by atoms with E-state index in [2.05, 4.69) is 74.3 Å². The van der Waals surface area contributed by atoms with Gasteiger partial charge in [-0.2, -0.15) is 18.3 Å². The molecule has 1 aromatic rings. The number of fused-ring (bicyclic) bond motifs is 3. The molecule has 1 fully saturated rings. The molecular weight excluding hydrogens is 552 g/mol. The first-order valence-electron chi connectivity index (χ1n) is 14.7. The Morgan fingerprint density at radius 2 is 1.84 bits per heavy atom. The van der Waals surface area contributed by atoms with Crippen LogP contribution in [0, 0.1) is 11.7 Å². The van der Waals surface area contributed by atoms with Gasteiger partial charge in [0.2, 0.25) is 0 Å². The van der Waals surface area contributed by atoms with Crippen LogP contribution in [0.3, 0.4) is 0 Å². The van der Waals surface area contributed by atoms with Crippen LogP contribution in [0.15, 0.2) is 106 Å². The third kappa shape index (κ3) is 3.14. The van der Waals surface area contributed by atoms with E-state index in [4.69, 9.17) is 0 Å². The highest BCUT2D eigenvalue weighted by atomic mass is 19.4. The highest BCUT2D eigenvalue weighted by molar-refractivity contribution is 5.93. The molecular formula is C35H32F4N4. The molecule has 0 amide bonds. The Morgan fingerprint density at radius 1 is 1.05 bits per heavy atom. The fourth-order valence-electron chi connectivity index (χ4n) is 8.56. The second-order valence-electron chi connectivity index (χ2n) is 13.2. The van der Waals surface area contributed by atoms with Gasteiger partial charge in [0, 0.05) is 60.3 Å². The molecule has 1 aromatic carbocycles. The highest BCUT2D eigenvalue weighted by Crippen LogP contribution is 2.73. The predicted octanol–water partition coefficient (Wildman–Crippen LogP) is 7.59. The maximum absolute atomic E-state index is 15.8. The van der Waals surface area contributed by atoms with Crippen molar-refractivity contribution in [2.45, 2.75) is 56.7 Å². The van der Waals surface area contributed by atoms with Crippen LogP contribution in [0.5, 0.6) is 0 Å². The summed E-state index contributed by atoms with van der Waals surface area (Å²) in [5.41, 5.74) is 6.82. The van der Waals surface area contributed by atoms with Crippen LogP contribution < -0.4 is 0 Å². The molecule has 0 radical (unpaired) electrons. The first-order chi connectivity index (χ1) is 20.3. The molecule has 4 aliphatic heterocycles. The van der Waals surface area contributed by atoms with E-state index in [0.29, 0.717) is 17.9 Å². The lowest BCUT2D eigenvalue weighted by Gasteiger charge is -2.51. The number of hydrogen-bond acceptors (Lipinski definition) is 4. The van der Waals surface area contributed by atoms with Crippen molar-refractivity contribution in [3.05, 3.63) is 124 Å². The van der Waals surface area contributed by atoms with Crippen molar-refractivity contribution in [3.8, 4) is 0 Å². The summed E-state index contributed by atoms with van der Waals surface area (Å²) >= 11 is 0. The van der Waals surface area contributed by atoms with Crippen LogP contribution in [-0.2, 0) is 10.8 Å². The lowest BCUT2D eigenvalue weighted by molar-refractivity contribution is -0.0600. The first kappa shape index (κ1) is 26.5. The van der Waals surface area contributed by atoms with E-state index < -0.39 is 17.3 Å². The van der Waals surface area contributed by atoms with Gasteiger partial charge in [-0.25, -0.2) is 4.39 Å². The second kappa shape index (κ2) is 8.10. The minimum Gasteiger partial charge on any atom is -0.343 e. The number of rotatable bonds is 2. The Morgan fingerprint density at radius 3 is 2.58 bits per heavy atom. The summed E-state index contributed by atoms with van der Waals surface area (Å²) < 4.78 is 56.2. The van der Waals surface area contributed by atoms with Crippen LogP contribution >= 0.6 is 0 Å². The van der Waals surface area contributed by atoms with Gasteiger partial charge >= 0.3 is 6.18 Å². The quantitative estimate of drug-likeness (QED) is 0.264. The zero-order chi connectivity index (χ0) is 30.3. The lowest BCUT2D eigenvalue weighted by Crippen LogP contribution is -2.46. The van der Waals surface area contributed by atoms with Crippen molar-refractivity contribution in [2.75, 3.05) is 13.6 Å². The largest absolute Gasteiger partial charge is 0.431 e. The summed E-state index contributed by atoms with van der Waals surface area (Å²) in [6, 6.07) is 3.60. The molecule has 0 saturated heterocycles. The molecule has 1 saturated carbocycles. The molecule has 4 nitrogen and oxygen atoms in total. The van der Waals surface area contributed by atoms with Gasteiger partial charge in [0.1, 0.15) is 11.5 Å². The van der Waals surface area contributed by atoms with Crippen molar-refractivity contribution in [2.24, 2.45) is 11.0 Å². The van der Waals surface area contributed by atoms with Crippen LogP contribution in [0.2, 0.25) is 0 Å². The Kier molecular flexibility index (Phi) is 5.00. The fraction of sp³-hybridized carbons (Fsp3) is 0.343. The maximum atomic E-state index is 15.8. The number of allylic oxidation sites excluding steroid dienone is 10. The van der Waals surface area contributed by atoms with E-state index in [-0.39, 0.29) is 29.1 Å². The van der Waals surface area contributed by atoms with Gasteiger partial charge in [-0.3, -0.25) is 5.01 Å². The summed E-state index contributed by atoms with van der Waals surface area (Å²) in [6.45, 7) is 9.22. The van der Waals surface area contributed by atoms with E-state index in [1.54, 1.807) is 13.1 Å². The second-order valence-corrected chi connectivity index (χ2v) is 13.2. The van der Waals surface area contributed by atoms with Gasteiger partial charge in [-0.1, -0.05) is 56.4 Å². The molecule has 0 spiro atoms. The highest BCUT2D eigenvalue weighted by Gasteiger charge is 2.74. The van der Waals surface area contributed by atoms with E-state index in [1.165, 1.54) is 16.2 Å². The van der Waals surface area contributed by atoms with Gasteiger partial charge < -0.3 is 9.80 Å². The third-order valence-corrected chi connectivity index (χ3v) is 10.9. The number of hydrogen-bond donors (Lipinski definition) is 0. The summed E-state index contributed by atoms with van der Waals surface area (Å²) in [5, 5.41) is 5.12. The molecule has 3 atom stereocenters. The number of hydrazone groups is 1. The first-order valence-corrected chi connectivity index (χ1v) is 14.7. The molecule has 3 aliphatic carbocycles. The molecule has 8 heteroatoms. The molecule has 7 aliphatic rings. The Hall–Kier alpha value is -4.07. The molecule has 8 rings (SSSR count). The van der Waals surface area contributed by atoms with Crippen LogP contribution in [0.25, 0.3) is 5.70 Å². The molecule has 0 bridgehead atoms. The maximum Gasteiger partial charge on any atom is 0.431 e.